The molecule has 1 aliphatic rings. The van der Waals surface area contributed by atoms with Crippen molar-refractivity contribution in [2.45, 2.75) is 39.5 Å². The molecule has 0 aromatic heterocycles. The minimum absolute atomic E-state index is 0.708. The van der Waals surface area contributed by atoms with Crippen molar-refractivity contribution < 1.29 is 0 Å². The fourth-order valence-corrected chi connectivity index (χ4v) is 2.39. The third-order valence-electron chi connectivity index (χ3n) is 3.39. The number of benzene rings is 1. The van der Waals surface area contributed by atoms with Crippen molar-refractivity contribution in [1.29, 1.82) is 0 Å². The molecule has 1 aromatic carbocycles. The summed E-state index contributed by atoms with van der Waals surface area (Å²) >= 11 is 6.15. The molecule has 1 saturated heterocycles. The van der Waals surface area contributed by atoms with E-state index in [0.717, 1.165) is 5.02 Å². The lowest BCUT2D eigenvalue weighted by Crippen LogP contribution is -2.29. The molecule has 2 heteroatoms. The van der Waals surface area contributed by atoms with Crippen LogP contribution in [0.1, 0.15) is 43.7 Å². The molecular weight excluding hydrogens is 230 g/mol. The van der Waals surface area contributed by atoms with Crippen molar-refractivity contribution in [3.63, 3.8) is 0 Å². The van der Waals surface area contributed by atoms with Crippen LogP contribution in [0.2, 0.25) is 5.02 Å². The number of piperidine rings is 1. The Balaban J connectivity index is 0.000000686. The topological polar surface area (TPSA) is 3.24 Å². The number of nitrogens with zero attached hydrogens (tertiary/aromatic N) is 1. The second-order valence-corrected chi connectivity index (χ2v) is 4.99. The van der Waals surface area contributed by atoms with Gasteiger partial charge in [0, 0.05) is 5.02 Å². The van der Waals surface area contributed by atoms with Crippen molar-refractivity contribution in [2.75, 3.05) is 20.1 Å². The summed E-state index contributed by atoms with van der Waals surface area (Å²) in [6, 6.07) is 6.51. The van der Waals surface area contributed by atoms with Crippen molar-refractivity contribution >= 4 is 11.6 Å². The highest BCUT2D eigenvalue weighted by atomic mass is 35.5. The number of rotatable bonds is 1. The summed E-state index contributed by atoms with van der Waals surface area (Å²) in [6.07, 6.45) is 2.52. The van der Waals surface area contributed by atoms with E-state index in [-0.39, 0.29) is 0 Å². The van der Waals surface area contributed by atoms with Gasteiger partial charge in [-0.15, -0.1) is 0 Å². The summed E-state index contributed by atoms with van der Waals surface area (Å²) in [6.45, 7) is 8.47. The summed E-state index contributed by atoms with van der Waals surface area (Å²) in [5.74, 6) is 0.708. The van der Waals surface area contributed by atoms with Gasteiger partial charge >= 0.3 is 0 Å². The second-order valence-electron chi connectivity index (χ2n) is 4.59. The first-order valence-electron chi connectivity index (χ1n) is 6.61. The SMILES string of the molecule is CC.Cc1ccc(C2CCN(C)CC2)cc1Cl. The molecule has 0 atom stereocenters. The predicted molar refractivity (Wildman–Crippen MR) is 77.0 cm³/mol. The quantitative estimate of drug-likeness (QED) is 0.713. The molecule has 1 fully saturated rings. The highest BCUT2D eigenvalue weighted by Gasteiger charge is 2.18. The molecule has 0 radical (unpaired) electrons. The Morgan fingerprint density at radius 3 is 2.29 bits per heavy atom. The van der Waals surface area contributed by atoms with E-state index < -0.39 is 0 Å². The van der Waals surface area contributed by atoms with Gasteiger partial charge in [0.25, 0.3) is 0 Å². The molecule has 0 amide bonds. The van der Waals surface area contributed by atoms with E-state index in [1.807, 2.05) is 13.8 Å². The van der Waals surface area contributed by atoms with Crippen molar-refractivity contribution in [1.82, 2.24) is 4.90 Å². The van der Waals surface area contributed by atoms with Crippen LogP contribution in [0.3, 0.4) is 0 Å². The predicted octanol–water partition coefficient (Wildman–Crippen LogP) is 4.48. The van der Waals surface area contributed by atoms with Crippen molar-refractivity contribution in [2.24, 2.45) is 0 Å². The summed E-state index contributed by atoms with van der Waals surface area (Å²) < 4.78 is 0. The summed E-state index contributed by atoms with van der Waals surface area (Å²) in [7, 11) is 2.19. The van der Waals surface area contributed by atoms with Gasteiger partial charge in [-0.1, -0.05) is 37.6 Å². The first kappa shape index (κ1) is 14.5. The number of hydrogen-bond donors (Lipinski definition) is 0. The van der Waals surface area contributed by atoms with Crippen molar-refractivity contribution in [3.05, 3.63) is 34.3 Å². The van der Waals surface area contributed by atoms with Crippen LogP contribution in [-0.2, 0) is 0 Å². The molecule has 1 aromatic rings. The Morgan fingerprint density at radius 2 is 1.76 bits per heavy atom. The van der Waals surface area contributed by atoms with E-state index >= 15 is 0 Å². The lowest BCUT2D eigenvalue weighted by Gasteiger charge is -2.29. The van der Waals surface area contributed by atoms with Gasteiger partial charge in [-0.25, -0.2) is 0 Å². The van der Waals surface area contributed by atoms with Crippen LogP contribution in [0, 0.1) is 6.92 Å². The summed E-state index contributed by atoms with van der Waals surface area (Å²) in [5, 5.41) is 0.909. The number of likely N-dealkylation sites (tertiary alicyclic amines) is 1. The molecule has 1 aliphatic heterocycles. The molecule has 96 valence electrons. The maximum atomic E-state index is 6.15. The summed E-state index contributed by atoms with van der Waals surface area (Å²) in [5.41, 5.74) is 2.59. The largest absolute Gasteiger partial charge is 0.306 e. The molecule has 0 saturated carbocycles. The van der Waals surface area contributed by atoms with Gasteiger partial charge in [-0.3, -0.25) is 0 Å². The smallest absolute Gasteiger partial charge is 0.0438 e. The zero-order valence-electron chi connectivity index (χ0n) is 11.5. The molecule has 2 rings (SSSR count). The molecule has 0 unspecified atom stereocenters. The van der Waals surface area contributed by atoms with Crippen LogP contribution in [0.5, 0.6) is 0 Å². The Hall–Kier alpha value is -0.530. The summed E-state index contributed by atoms with van der Waals surface area (Å²) in [4.78, 5) is 2.40. The molecule has 0 N–H and O–H groups in total. The van der Waals surface area contributed by atoms with Crippen molar-refractivity contribution in [3.8, 4) is 0 Å². The highest BCUT2D eigenvalue weighted by molar-refractivity contribution is 6.31. The van der Waals surface area contributed by atoms with Gasteiger partial charge in [0.05, 0.1) is 0 Å². The normalized spacial score (nSPS) is 17.5. The standard InChI is InChI=1S/C13H18ClN.C2H6/c1-10-3-4-12(9-13(10)14)11-5-7-15(2)8-6-11;1-2/h3-4,9,11H,5-8H2,1-2H3;1-2H3. The van der Waals surface area contributed by atoms with Gasteiger partial charge in [0.1, 0.15) is 0 Å². The molecule has 0 spiro atoms. The Kier molecular flexibility index (Phi) is 6.01. The number of hydrogen-bond acceptors (Lipinski definition) is 1. The third-order valence-corrected chi connectivity index (χ3v) is 3.79. The van der Waals surface area contributed by atoms with E-state index in [1.165, 1.54) is 37.1 Å². The van der Waals surface area contributed by atoms with Gasteiger partial charge in [0.2, 0.25) is 0 Å². The number of halogens is 1. The van der Waals surface area contributed by atoms with E-state index in [1.54, 1.807) is 0 Å². The lowest BCUT2D eigenvalue weighted by molar-refractivity contribution is 0.255. The first-order valence-corrected chi connectivity index (χ1v) is 6.99. The van der Waals surface area contributed by atoms with Crippen LogP contribution in [0.25, 0.3) is 0 Å². The highest BCUT2D eigenvalue weighted by Crippen LogP contribution is 2.30. The zero-order valence-corrected chi connectivity index (χ0v) is 12.2. The monoisotopic (exact) mass is 253 g/mol. The minimum Gasteiger partial charge on any atom is -0.306 e. The second kappa shape index (κ2) is 7.03. The average molecular weight is 254 g/mol. The first-order chi connectivity index (χ1) is 8.16. The van der Waals surface area contributed by atoms with Gasteiger partial charge in [-0.05, 0) is 63.0 Å². The molecule has 0 aliphatic carbocycles. The van der Waals surface area contributed by atoms with Crippen LogP contribution >= 0.6 is 11.6 Å². The van der Waals surface area contributed by atoms with E-state index in [9.17, 15) is 0 Å². The van der Waals surface area contributed by atoms with Crippen LogP contribution in [0.4, 0.5) is 0 Å². The molecule has 0 bridgehead atoms. The fourth-order valence-electron chi connectivity index (χ4n) is 2.20. The molecule has 1 nitrogen and oxygen atoms in total. The molecule has 17 heavy (non-hydrogen) atoms. The third kappa shape index (κ3) is 4.01. The van der Waals surface area contributed by atoms with E-state index in [0.29, 0.717) is 5.92 Å². The maximum Gasteiger partial charge on any atom is 0.0438 e. The Labute approximate surface area is 111 Å². The molecule has 1 heterocycles. The maximum absolute atomic E-state index is 6.15. The van der Waals surface area contributed by atoms with Gasteiger partial charge < -0.3 is 4.90 Å². The Bertz CT molecular complexity index is 341. The van der Waals surface area contributed by atoms with Crippen LogP contribution < -0.4 is 0 Å². The lowest BCUT2D eigenvalue weighted by atomic mass is 9.89. The fraction of sp³-hybridized carbons (Fsp3) is 0.600. The van der Waals surface area contributed by atoms with E-state index in [2.05, 4.69) is 37.1 Å². The van der Waals surface area contributed by atoms with E-state index in [4.69, 9.17) is 11.6 Å². The number of aryl methyl sites for hydroxylation is 1. The van der Waals surface area contributed by atoms with Gasteiger partial charge in [-0.2, -0.15) is 0 Å². The minimum atomic E-state index is 0.708. The van der Waals surface area contributed by atoms with Crippen LogP contribution in [0.15, 0.2) is 18.2 Å². The molecular formula is C15H24ClN. The van der Waals surface area contributed by atoms with Crippen LogP contribution in [-0.4, -0.2) is 25.0 Å². The van der Waals surface area contributed by atoms with Gasteiger partial charge in [0.15, 0.2) is 0 Å². The Morgan fingerprint density at radius 1 is 1.18 bits per heavy atom. The zero-order chi connectivity index (χ0) is 12.8. The average Bonchev–Trinajstić information content (AvgIpc) is 2.36.